The fourth-order valence-electron chi connectivity index (χ4n) is 5.96. The van der Waals surface area contributed by atoms with E-state index >= 15 is 0 Å². The van der Waals surface area contributed by atoms with E-state index in [9.17, 15) is 14.7 Å². The topological polar surface area (TPSA) is 107 Å². The SMILES string of the molecule is O=C(Nc1ccc(-c2ccc(CN(Cc3cccnc3)C(=O)Nc3ccc(-c4cccc(CO)c4)cc3)cc2)cn1)C1CCCCC1. The van der Waals surface area contributed by atoms with Crippen LogP contribution < -0.4 is 10.6 Å². The van der Waals surface area contributed by atoms with Crippen molar-refractivity contribution in [1.29, 1.82) is 0 Å². The summed E-state index contributed by atoms with van der Waals surface area (Å²) in [6.07, 6.45) is 10.6. The van der Waals surface area contributed by atoms with Gasteiger partial charge in [0.05, 0.1) is 6.61 Å². The zero-order chi connectivity index (χ0) is 32.4. The van der Waals surface area contributed by atoms with Gasteiger partial charge in [-0.05, 0) is 82.6 Å². The second-order valence-electron chi connectivity index (χ2n) is 12.0. The number of amides is 3. The minimum Gasteiger partial charge on any atom is -0.392 e. The molecule has 47 heavy (non-hydrogen) atoms. The molecule has 0 atom stereocenters. The molecule has 0 spiro atoms. The van der Waals surface area contributed by atoms with Crippen molar-refractivity contribution in [3.05, 3.63) is 132 Å². The normalized spacial score (nSPS) is 13.1. The van der Waals surface area contributed by atoms with E-state index in [-0.39, 0.29) is 24.5 Å². The summed E-state index contributed by atoms with van der Waals surface area (Å²) in [5, 5.41) is 15.5. The van der Waals surface area contributed by atoms with Gasteiger partial charge in [0, 0.05) is 48.8 Å². The molecule has 3 N–H and O–H groups in total. The second kappa shape index (κ2) is 15.3. The molecule has 1 aliphatic carbocycles. The number of hydrogen-bond donors (Lipinski definition) is 3. The summed E-state index contributed by atoms with van der Waals surface area (Å²) in [7, 11) is 0. The van der Waals surface area contributed by atoms with Crippen molar-refractivity contribution in [3.63, 3.8) is 0 Å². The number of pyridine rings is 2. The summed E-state index contributed by atoms with van der Waals surface area (Å²) < 4.78 is 0. The van der Waals surface area contributed by atoms with Gasteiger partial charge in [0.1, 0.15) is 5.82 Å². The number of hydrogen-bond acceptors (Lipinski definition) is 5. The van der Waals surface area contributed by atoms with Gasteiger partial charge in [-0.25, -0.2) is 9.78 Å². The summed E-state index contributed by atoms with van der Waals surface area (Å²) >= 11 is 0. The largest absolute Gasteiger partial charge is 0.392 e. The number of anilines is 2. The Kier molecular flexibility index (Phi) is 10.3. The van der Waals surface area contributed by atoms with Gasteiger partial charge in [-0.3, -0.25) is 9.78 Å². The zero-order valence-electron chi connectivity index (χ0n) is 26.3. The third-order valence-electron chi connectivity index (χ3n) is 8.61. The van der Waals surface area contributed by atoms with Gasteiger partial charge >= 0.3 is 6.03 Å². The number of aliphatic hydroxyl groups excluding tert-OH is 1. The average Bonchev–Trinajstić information content (AvgIpc) is 3.13. The van der Waals surface area contributed by atoms with Gasteiger partial charge in [-0.15, -0.1) is 0 Å². The van der Waals surface area contributed by atoms with Crippen LogP contribution in [0.15, 0.2) is 116 Å². The van der Waals surface area contributed by atoms with E-state index in [0.29, 0.717) is 24.6 Å². The zero-order valence-corrected chi connectivity index (χ0v) is 26.3. The van der Waals surface area contributed by atoms with E-state index < -0.39 is 0 Å². The quantitative estimate of drug-likeness (QED) is 0.146. The smallest absolute Gasteiger partial charge is 0.322 e. The molecule has 0 unspecified atom stereocenters. The van der Waals surface area contributed by atoms with Crippen LogP contribution in [-0.4, -0.2) is 31.9 Å². The molecule has 1 fully saturated rings. The lowest BCUT2D eigenvalue weighted by Gasteiger charge is -2.23. The minimum absolute atomic E-state index is 0.0109. The van der Waals surface area contributed by atoms with Crippen LogP contribution in [0.4, 0.5) is 16.3 Å². The maximum absolute atomic E-state index is 13.6. The standard InChI is InChI=1S/C39H39N5O3/c45-27-29-6-4-10-34(22-29)31-15-18-36(19-16-31)42-39(47)44(26-30-7-5-21-40-23-30)25-28-11-13-32(14-12-28)35-17-20-37(41-24-35)43-38(46)33-8-2-1-3-9-33/h4-7,10-24,33,45H,1-3,8-9,25-27H2,(H,42,47)(H,41,43,46). The van der Waals surface area contributed by atoms with Crippen LogP contribution in [-0.2, 0) is 24.5 Å². The van der Waals surface area contributed by atoms with Gasteiger partial charge in [0.15, 0.2) is 0 Å². The van der Waals surface area contributed by atoms with Crippen LogP contribution in [0.3, 0.4) is 0 Å². The maximum atomic E-state index is 13.6. The molecule has 1 aliphatic rings. The number of carbonyl (C=O) groups excluding carboxylic acids is 2. The summed E-state index contributed by atoms with van der Waals surface area (Å²) in [5.74, 6) is 0.721. The fraction of sp³-hybridized carbons (Fsp3) is 0.231. The Labute approximate surface area is 275 Å². The lowest BCUT2D eigenvalue weighted by Crippen LogP contribution is -2.34. The first kappa shape index (κ1) is 31.6. The Morgan fingerprint density at radius 1 is 0.702 bits per heavy atom. The number of aromatic nitrogens is 2. The number of carbonyl (C=O) groups is 2. The molecule has 0 saturated heterocycles. The lowest BCUT2D eigenvalue weighted by molar-refractivity contribution is -0.120. The van der Waals surface area contributed by atoms with Crippen LogP contribution >= 0.6 is 0 Å². The summed E-state index contributed by atoms with van der Waals surface area (Å²) in [6.45, 7) is 0.784. The highest BCUT2D eigenvalue weighted by molar-refractivity contribution is 5.92. The molecule has 3 aromatic carbocycles. The first-order valence-corrected chi connectivity index (χ1v) is 16.2. The van der Waals surface area contributed by atoms with E-state index in [0.717, 1.165) is 64.6 Å². The molecule has 5 aromatic rings. The van der Waals surface area contributed by atoms with Crippen molar-refractivity contribution in [1.82, 2.24) is 14.9 Å². The lowest BCUT2D eigenvalue weighted by atomic mass is 9.89. The molecule has 2 aromatic heterocycles. The Balaban J connectivity index is 1.11. The Morgan fingerprint density at radius 3 is 2.11 bits per heavy atom. The monoisotopic (exact) mass is 625 g/mol. The number of aliphatic hydroxyl groups is 1. The summed E-state index contributed by atoms with van der Waals surface area (Å²) in [6, 6.07) is 31.0. The van der Waals surface area contributed by atoms with Crippen molar-refractivity contribution < 1.29 is 14.7 Å². The van der Waals surface area contributed by atoms with Crippen molar-refractivity contribution in [2.24, 2.45) is 5.92 Å². The number of benzene rings is 3. The second-order valence-corrected chi connectivity index (χ2v) is 12.0. The highest BCUT2D eigenvalue weighted by Crippen LogP contribution is 2.26. The molecular weight excluding hydrogens is 586 g/mol. The Hall–Kier alpha value is -5.34. The molecule has 8 nitrogen and oxygen atoms in total. The molecule has 6 rings (SSSR count). The third-order valence-corrected chi connectivity index (χ3v) is 8.61. The third kappa shape index (κ3) is 8.48. The molecule has 2 heterocycles. The number of nitrogens with one attached hydrogen (secondary N) is 2. The van der Waals surface area contributed by atoms with Crippen molar-refractivity contribution in [3.8, 4) is 22.3 Å². The van der Waals surface area contributed by atoms with E-state index in [1.165, 1.54) is 6.42 Å². The van der Waals surface area contributed by atoms with Crippen LogP contribution in [0.5, 0.6) is 0 Å². The fourth-order valence-corrected chi connectivity index (χ4v) is 5.96. The highest BCUT2D eigenvalue weighted by atomic mass is 16.3. The number of urea groups is 1. The Bertz CT molecular complexity index is 1770. The summed E-state index contributed by atoms with van der Waals surface area (Å²) in [5.41, 5.74) is 7.40. The van der Waals surface area contributed by atoms with Crippen molar-refractivity contribution >= 4 is 23.4 Å². The van der Waals surface area contributed by atoms with Crippen LogP contribution in [0.25, 0.3) is 22.3 Å². The van der Waals surface area contributed by atoms with E-state index in [1.54, 1.807) is 23.5 Å². The molecule has 0 aliphatic heterocycles. The molecule has 0 bridgehead atoms. The van der Waals surface area contributed by atoms with Gasteiger partial charge < -0.3 is 20.6 Å². The van der Waals surface area contributed by atoms with Crippen LogP contribution in [0.1, 0.15) is 48.8 Å². The van der Waals surface area contributed by atoms with Gasteiger partial charge in [-0.1, -0.05) is 79.9 Å². The predicted molar refractivity (Wildman–Crippen MR) is 185 cm³/mol. The number of rotatable bonds is 10. The molecule has 238 valence electrons. The van der Waals surface area contributed by atoms with Gasteiger partial charge in [0.2, 0.25) is 5.91 Å². The predicted octanol–water partition coefficient (Wildman–Crippen LogP) is 8.06. The van der Waals surface area contributed by atoms with Gasteiger partial charge in [-0.2, -0.15) is 0 Å². The molecule has 0 radical (unpaired) electrons. The van der Waals surface area contributed by atoms with Crippen molar-refractivity contribution in [2.45, 2.75) is 51.8 Å². The van der Waals surface area contributed by atoms with E-state index in [4.69, 9.17) is 0 Å². The first-order valence-electron chi connectivity index (χ1n) is 16.2. The van der Waals surface area contributed by atoms with Crippen LogP contribution in [0, 0.1) is 5.92 Å². The molecule has 3 amide bonds. The molecule has 1 saturated carbocycles. The Morgan fingerprint density at radius 2 is 1.40 bits per heavy atom. The van der Waals surface area contributed by atoms with Crippen LogP contribution in [0.2, 0.25) is 0 Å². The average molecular weight is 626 g/mol. The maximum Gasteiger partial charge on any atom is 0.322 e. The molecular formula is C39H39N5O3. The number of nitrogens with zero attached hydrogens (tertiary/aromatic N) is 3. The van der Waals surface area contributed by atoms with E-state index in [2.05, 4.69) is 20.6 Å². The van der Waals surface area contributed by atoms with E-state index in [1.807, 2.05) is 97.1 Å². The first-order chi connectivity index (χ1) is 23.0. The summed E-state index contributed by atoms with van der Waals surface area (Å²) in [4.78, 5) is 36.7. The highest BCUT2D eigenvalue weighted by Gasteiger charge is 2.21. The molecule has 8 heteroatoms. The minimum atomic E-state index is -0.219. The van der Waals surface area contributed by atoms with Crippen molar-refractivity contribution in [2.75, 3.05) is 10.6 Å². The van der Waals surface area contributed by atoms with Gasteiger partial charge in [0.25, 0.3) is 0 Å².